The van der Waals surface area contributed by atoms with Crippen molar-refractivity contribution < 1.29 is 19.1 Å². The molecule has 0 radical (unpaired) electrons. The van der Waals surface area contributed by atoms with Gasteiger partial charge in [-0.1, -0.05) is 6.92 Å². The highest BCUT2D eigenvalue weighted by atomic mass is 32.1. The Bertz CT molecular complexity index is 730. The number of rotatable bonds is 8. The topological polar surface area (TPSA) is 80.8 Å². The number of esters is 1. The van der Waals surface area contributed by atoms with Gasteiger partial charge < -0.3 is 19.7 Å². The van der Waals surface area contributed by atoms with Gasteiger partial charge in [-0.15, -0.1) is 11.3 Å². The first-order valence-corrected chi connectivity index (χ1v) is 9.26. The van der Waals surface area contributed by atoms with E-state index in [0.717, 1.165) is 12.2 Å². The lowest BCUT2D eigenvalue weighted by Gasteiger charge is -2.21. The molecule has 2 rings (SSSR count). The van der Waals surface area contributed by atoms with Crippen LogP contribution in [0.25, 0.3) is 0 Å². The van der Waals surface area contributed by atoms with Gasteiger partial charge in [0, 0.05) is 17.6 Å². The molecule has 140 valence electrons. The number of methoxy groups -OCH3 is 1. The van der Waals surface area contributed by atoms with Gasteiger partial charge >= 0.3 is 12.0 Å². The Morgan fingerprint density at radius 3 is 2.58 bits per heavy atom. The zero-order valence-corrected chi connectivity index (χ0v) is 16.0. The smallest absolute Gasteiger partial charge is 0.357 e. The third kappa shape index (κ3) is 5.45. The monoisotopic (exact) mass is 377 g/mol. The van der Waals surface area contributed by atoms with E-state index in [9.17, 15) is 9.59 Å². The summed E-state index contributed by atoms with van der Waals surface area (Å²) in [6, 6.07) is 6.91. The van der Waals surface area contributed by atoms with Gasteiger partial charge in [-0.3, -0.25) is 0 Å². The molecule has 2 amide bonds. The average molecular weight is 377 g/mol. The van der Waals surface area contributed by atoms with Crippen molar-refractivity contribution >= 4 is 29.0 Å². The number of carbonyl (C=O) groups excluding carboxylic acids is 2. The summed E-state index contributed by atoms with van der Waals surface area (Å²) in [6.07, 6.45) is 0.812. The normalized spacial score (nSPS) is 10.3. The van der Waals surface area contributed by atoms with E-state index in [2.05, 4.69) is 10.3 Å². The molecule has 0 aliphatic heterocycles. The van der Waals surface area contributed by atoms with Gasteiger partial charge in [0.15, 0.2) is 5.69 Å². The summed E-state index contributed by atoms with van der Waals surface area (Å²) in [5, 5.41) is 5.20. The number of nitrogens with zero attached hydrogens (tertiary/aromatic N) is 2. The second-order valence-electron chi connectivity index (χ2n) is 5.43. The lowest BCUT2D eigenvalue weighted by atomic mass is 10.3. The van der Waals surface area contributed by atoms with Gasteiger partial charge in [0.25, 0.3) is 0 Å². The van der Waals surface area contributed by atoms with Crippen LogP contribution >= 0.6 is 11.3 Å². The minimum absolute atomic E-state index is 0.218. The SMILES string of the molecule is CCCN(Cc1nc(C(=O)OCC)cs1)C(=O)Nc1ccc(OC)cc1. The second kappa shape index (κ2) is 9.76. The molecule has 0 atom stereocenters. The second-order valence-corrected chi connectivity index (χ2v) is 6.37. The molecule has 0 unspecified atom stereocenters. The molecule has 2 aromatic rings. The van der Waals surface area contributed by atoms with E-state index in [1.54, 1.807) is 48.6 Å². The number of ether oxygens (including phenoxy) is 2. The maximum atomic E-state index is 12.6. The zero-order chi connectivity index (χ0) is 18.9. The predicted octanol–water partition coefficient (Wildman–Crippen LogP) is 3.77. The van der Waals surface area contributed by atoms with Crippen molar-refractivity contribution in [3.05, 3.63) is 40.3 Å². The van der Waals surface area contributed by atoms with Crippen LogP contribution < -0.4 is 10.1 Å². The minimum Gasteiger partial charge on any atom is -0.497 e. The van der Waals surface area contributed by atoms with Gasteiger partial charge in [0.05, 0.1) is 20.3 Å². The van der Waals surface area contributed by atoms with Crippen LogP contribution in [-0.4, -0.2) is 42.1 Å². The lowest BCUT2D eigenvalue weighted by Crippen LogP contribution is -2.35. The molecule has 0 aliphatic carbocycles. The number of aromatic nitrogens is 1. The zero-order valence-electron chi connectivity index (χ0n) is 15.2. The molecular weight excluding hydrogens is 354 g/mol. The molecule has 1 N–H and O–H groups in total. The highest BCUT2D eigenvalue weighted by Gasteiger charge is 2.17. The van der Waals surface area contributed by atoms with Crippen molar-refractivity contribution in [1.29, 1.82) is 0 Å². The number of benzene rings is 1. The average Bonchev–Trinajstić information content (AvgIpc) is 3.11. The van der Waals surface area contributed by atoms with Gasteiger partial charge in [-0.25, -0.2) is 14.6 Å². The summed E-state index contributed by atoms with van der Waals surface area (Å²) in [5.74, 6) is 0.280. The summed E-state index contributed by atoms with van der Waals surface area (Å²) in [6.45, 7) is 4.96. The van der Waals surface area contributed by atoms with Crippen molar-refractivity contribution in [3.63, 3.8) is 0 Å². The van der Waals surface area contributed by atoms with Crippen LogP contribution in [0, 0.1) is 0 Å². The number of anilines is 1. The lowest BCUT2D eigenvalue weighted by molar-refractivity contribution is 0.0520. The Kier molecular flexibility index (Phi) is 7.40. The minimum atomic E-state index is -0.445. The number of hydrogen-bond donors (Lipinski definition) is 1. The fourth-order valence-corrected chi connectivity index (χ4v) is 3.02. The fraction of sp³-hybridized carbons (Fsp3) is 0.389. The molecule has 1 aromatic heterocycles. The number of thiazole rings is 1. The maximum absolute atomic E-state index is 12.6. The third-order valence-corrected chi connectivity index (χ3v) is 4.32. The first-order chi connectivity index (χ1) is 12.6. The number of nitrogens with one attached hydrogen (secondary N) is 1. The van der Waals surface area contributed by atoms with Crippen molar-refractivity contribution in [2.24, 2.45) is 0 Å². The van der Waals surface area contributed by atoms with Crippen molar-refractivity contribution in [2.45, 2.75) is 26.8 Å². The number of carbonyl (C=O) groups is 2. The molecule has 0 saturated heterocycles. The maximum Gasteiger partial charge on any atom is 0.357 e. The third-order valence-electron chi connectivity index (χ3n) is 3.48. The van der Waals surface area contributed by atoms with Crippen LogP contribution in [0.3, 0.4) is 0 Å². The summed E-state index contributed by atoms with van der Waals surface area (Å²) in [4.78, 5) is 30.2. The predicted molar refractivity (Wildman–Crippen MR) is 101 cm³/mol. The summed E-state index contributed by atoms with van der Waals surface area (Å²) in [7, 11) is 1.59. The summed E-state index contributed by atoms with van der Waals surface area (Å²) >= 11 is 1.34. The molecule has 7 nitrogen and oxygen atoms in total. The van der Waals surface area contributed by atoms with Crippen LogP contribution in [0.1, 0.15) is 35.8 Å². The number of urea groups is 1. The first kappa shape index (κ1) is 19.7. The van der Waals surface area contributed by atoms with E-state index in [0.29, 0.717) is 30.4 Å². The summed E-state index contributed by atoms with van der Waals surface area (Å²) < 4.78 is 10.1. The van der Waals surface area contributed by atoms with Crippen LogP contribution in [0.2, 0.25) is 0 Å². The molecule has 0 fully saturated rings. The Morgan fingerprint density at radius 1 is 1.23 bits per heavy atom. The van der Waals surface area contributed by atoms with Crippen molar-refractivity contribution in [2.75, 3.05) is 25.6 Å². The molecule has 1 heterocycles. The molecule has 0 aliphatic rings. The standard InChI is InChI=1S/C18H23N3O4S/c1-4-10-21(11-16-20-15(12-26-16)17(22)25-5-2)18(23)19-13-6-8-14(24-3)9-7-13/h6-9,12H,4-5,10-11H2,1-3H3,(H,19,23). The van der Waals surface area contributed by atoms with E-state index >= 15 is 0 Å². The highest BCUT2D eigenvalue weighted by molar-refractivity contribution is 7.09. The Morgan fingerprint density at radius 2 is 1.96 bits per heavy atom. The molecule has 1 aromatic carbocycles. The van der Waals surface area contributed by atoms with E-state index in [1.165, 1.54) is 11.3 Å². The van der Waals surface area contributed by atoms with Crippen molar-refractivity contribution in [3.8, 4) is 5.75 Å². The van der Waals surface area contributed by atoms with Crippen LogP contribution in [0.5, 0.6) is 5.75 Å². The molecule has 0 saturated carbocycles. The molecular formula is C18H23N3O4S. The van der Waals surface area contributed by atoms with E-state index in [-0.39, 0.29) is 11.7 Å². The number of amides is 2. The van der Waals surface area contributed by atoms with Crippen LogP contribution in [0.15, 0.2) is 29.6 Å². The van der Waals surface area contributed by atoms with Crippen LogP contribution in [-0.2, 0) is 11.3 Å². The number of hydrogen-bond acceptors (Lipinski definition) is 6. The van der Waals surface area contributed by atoms with E-state index in [4.69, 9.17) is 9.47 Å². The summed E-state index contributed by atoms with van der Waals surface area (Å²) in [5.41, 5.74) is 0.960. The van der Waals surface area contributed by atoms with E-state index in [1.807, 2.05) is 6.92 Å². The highest BCUT2D eigenvalue weighted by Crippen LogP contribution is 2.17. The first-order valence-electron chi connectivity index (χ1n) is 8.38. The van der Waals surface area contributed by atoms with Gasteiger partial charge in [0.2, 0.25) is 0 Å². The Balaban J connectivity index is 2.02. The van der Waals surface area contributed by atoms with E-state index < -0.39 is 5.97 Å². The quantitative estimate of drug-likeness (QED) is 0.708. The Labute approximate surface area is 156 Å². The van der Waals surface area contributed by atoms with Crippen molar-refractivity contribution in [1.82, 2.24) is 9.88 Å². The van der Waals surface area contributed by atoms with Gasteiger partial charge in [-0.2, -0.15) is 0 Å². The molecule has 0 spiro atoms. The largest absolute Gasteiger partial charge is 0.497 e. The Hall–Kier alpha value is -2.61. The molecule has 8 heteroatoms. The van der Waals surface area contributed by atoms with Gasteiger partial charge in [0.1, 0.15) is 10.8 Å². The van der Waals surface area contributed by atoms with Crippen LogP contribution in [0.4, 0.5) is 10.5 Å². The molecule has 26 heavy (non-hydrogen) atoms. The fourth-order valence-electron chi connectivity index (χ4n) is 2.24. The molecule has 0 bridgehead atoms. The van der Waals surface area contributed by atoms with Gasteiger partial charge in [-0.05, 0) is 37.6 Å².